The van der Waals surface area contributed by atoms with Gasteiger partial charge < -0.3 is 10.5 Å². The molecule has 0 atom stereocenters. The van der Waals surface area contributed by atoms with E-state index in [4.69, 9.17) is 10.5 Å². The van der Waals surface area contributed by atoms with E-state index in [0.29, 0.717) is 12.6 Å². The highest BCUT2D eigenvalue weighted by Gasteiger charge is 2.22. The third-order valence-corrected chi connectivity index (χ3v) is 3.84. The number of hydrogen-bond donors (Lipinski definition) is 1. The van der Waals surface area contributed by atoms with E-state index in [0.717, 1.165) is 38.8 Å². The second-order valence-corrected chi connectivity index (χ2v) is 5.36. The molecule has 0 aromatic rings. The molecule has 0 bridgehead atoms. The standard InChI is InChI=1S/C13H24N2O2/c14-11-6-8-15(9-7-11)10-13(16)17-12-4-2-1-3-5-12/h11-12H,1-10,14H2. The lowest BCUT2D eigenvalue weighted by molar-refractivity contribution is -0.152. The average Bonchev–Trinajstić information content (AvgIpc) is 2.33. The Kier molecular flexibility index (Phi) is 4.80. The lowest BCUT2D eigenvalue weighted by Gasteiger charge is -2.30. The fourth-order valence-corrected chi connectivity index (χ4v) is 2.70. The Morgan fingerprint density at radius 2 is 1.76 bits per heavy atom. The van der Waals surface area contributed by atoms with Crippen molar-refractivity contribution < 1.29 is 9.53 Å². The zero-order valence-electron chi connectivity index (χ0n) is 10.6. The molecule has 2 rings (SSSR count). The largest absolute Gasteiger partial charge is 0.461 e. The zero-order chi connectivity index (χ0) is 12.1. The maximum absolute atomic E-state index is 11.8. The van der Waals surface area contributed by atoms with E-state index in [1.54, 1.807) is 0 Å². The van der Waals surface area contributed by atoms with E-state index in [1.807, 2.05) is 0 Å². The minimum Gasteiger partial charge on any atom is -0.461 e. The maximum Gasteiger partial charge on any atom is 0.320 e. The Bertz CT molecular complexity index is 244. The normalized spacial score (nSPS) is 24.8. The molecule has 0 aromatic carbocycles. The van der Waals surface area contributed by atoms with Crippen molar-refractivity contribution in [2.45, 2.75) is 57.1 Å². The van der Waals surface area contributed by atoms with Crippen LogP contribution in [-0.4, -0.2) is 42.6 Å². The molecule has 1 aliphatic heterocycles. The topological polar surface area (TPSA) is 55.6 Å². The third kappa shape index (κ3) is 4.28. The molecule has 1 saturated heterocycles. The Morgan fingerprint density at radius 3 is 2.41 bits per heavy atom. The fraction of sp³-hybridized carbons (Fsp3) is 0.923. The quantitative estimate of drug-likeness (QED) is 0.755. The summed E-state index contributed by atoms with van der Waals surface area (Å²) >= 11 is 0. The van der Waals surface area contributed by atoms with E-state index in [1.165, 1.54) is 19.3 Å². The third-order valence-electron chi connectivity index (χ3n) is 3.84. The SMILES string of the molecule is NC1CCN(CC(=O)OC2CCCCC2)CC1. The molecule has 0 unspecified atom stereocenters. The summed E-state index contributed by atoms with van der Waals surface area (Å²) in [6, 6.07) is 0.320. The van der Waals surface area contributed by atoms with Crippen LogP contribution in [-0.2, 0) is 9.53 Å². The van der Waals surface area contributed by atoms with Crippen LogP contribution in [0.15, 0.2) is 0 Å². The van der Waals surface area contributed by atoms with Crippen LogP contribution in [0.1, 0.15) is 44.9 Å². The highest BCUT2D eigenvalue weighted by atomic mass is 16.5. The Labute approximate surface area is 103 Å². The molecule has 17 heavy (non-hydrogen) atoms. The summed E-state index contributed by atoms with van der Waals surface area (Å²) in [5.74, 6) is -0.0487. The number of carbonyl (C=O) groups excluding carboxylic acids is 1. The van der Waals surface area contributed by atoms with Gasteiger partial charge in [-0.3, -0.25) is 9.69 Å². The van der Waals surface area contributed by atoms with Gasteiger partial charge in [-0.1, -0.05) is 6.42 Å². The number of carbonyl (C=O) groups is 1. The van der Waals surface area contributed by atoms with Crippen molar-refractivity contribution in [3.8, 4) is 0 Å². The van der Waals surface area contributed by atoms with Crippen LogP contribution < -0.4 is 5.73 Å². The van der Waals surface area contributed by atoms with Crippen molar-refractivity contribution in [3.63, 3.8) is 0 Å². The van der Waals surface area contributed by atoms with Gasteiger partial charge in [0.1, 0.15) is 6.10 Å². The summed E-state index contributed by atoms with van der Waals surface area (Å²) in [5, 5.41) is 0. The summed E-state index contributed by atoms with van der Waals surface area (Å²) in [6.07, 6.45) is 7.98. The first-order valence-corrected chi connectivity index (χ1v) is 6.91. The number of esters is 1. The minimum atomic E-state index is -0.0487. The molecule has 4 heteroatoms. The van der Waals surface area contributed by atoms with Crippen LogP contribution in [0.4, 0.5) is 0 Å². The first-order chi connectivity index (χ1) is 8.24. The van der Waals surface area contributed by atoms with Gasteiger partial charge in [0, 0.05) is 19.1 Å². The van der Waals surface area contributed by atoms with Gasteiger partial charge in [-0.05, 0) is 38.5 Å². The van der Waals surface area contributed by atoms with Gasteiger partial charge in [0.25, 0.3) is 0 Å². The summed E-state index contributed by atoms with van der Waals surface area (Å²) < 4.78 is 5.51. The molecule has 2 aliphatic rings. The lowest BCUT2D eigenvalue weighted by Crippen LogP contribution is -2.42. The molecule has 0 spiro atoms. The Morgan fingerprint density at radius 1 is 1.12 bits per heavy atom. The molecule has 1 aliphatic carbocycles. The number of likely N-dealkylation sites (tertiary alicyclic amines) is 1. The molecule has 4 nitrogen and oxygen atoms in total. The van der Waals surface area contributed by atoms with Crippen molar-refractivity contribution in [2.75, 3.05) is 19.6 Å². The van der Waals surface area contributed by atoms with Crippen LogP contribution >= 0.6 is 0 Å². The van der Waals surface area contributed by atoms with Gasteiger partial charge in [0.05, 0.1) is 6.54 Å². The van der Waals surface area contributed by atoms with E-state index >= 15 is 0 Å². The van der Waals surface area contributed by atoms with E-state index in [9.17, 15) is 4.79 Å². The fourth-order valence-electron chi connectivity index (χ4n) is 2.70. The molecule has 0 amide bonds. The van der Waals surface area contributed by atoms with Gasteiger partial charge in [0.2, 0.25) is 0 Å². The monoisotopic (exact) mass is 240 g/mol. The van der Waals surface area contributed by atoms with Gasteiger partial charge in [0.15, 0.2) is 0 Å². The second kappa shape index (κ2) is 6.36. The summed E-state index contributed by atoms with van der Waals surface area (Å²) in [5.41, 5.74) is 5.83. The number of nitrogens with two attached hydrogens (primary N) is 1. The number of rotatable bonds is 3. The van der Waals surface area contributed by atoms with Crippen LogP contribution in [0.2, 0.25) is 0 Å². The number of nitrogens with zero attached hydrogens (tertiary/aromatic N) is 1. The van der Waals surface area contributed by atoms with Gasteiger partial charge in [-0.25, -0.2) is 0 Å². The highest BCUT2D eigenvalue weighted by molar-refractivity contribution is 5.71. The van der Waals surface area contributed by atoms with Crippen molar-refractivity contribution in [2.24, 2.45) is 5.73 Å². The summed E-state index contributed by atoms with van der Waals surface area (Å²) in [7, 11) is 0. The molecule has 98 valence electrons. The smallest absolute Gasteiger partial charge is 0.320 e. The van der Waals surface area contributed by atoms with Crippen LogP contribution in [0.25, 0.3) is 0 Å². The van der Waals surface area contributed by atoms with E-state index in [2.05, 4.69) is 4.90 Å². The molecule has 1 saturated carbocycles. The van der Waals surface area contributed by atoms with Gasteiger partial charge in [-0.2, -0.15) is 0 Å². The lowest BCUT2D eigenvalue weighted by atomic mass is 9.98. The molecule has 2 fully saturated rings. The minimum absolute atomic E-state index is 0.0487. The van der Waals surface area contributed by atoms with Crippen molar-refractivity contribution in [1.82, 2.24) is 4.90 Å². The average molecular weight is 240 g/mol. The zero-order valence-corrected chi connectivity index (χ0v) is 10.6. The van der Waals surface area contributed by atoms with Crippen molar-refractivity contribution >= 4 is 5.97 Å². The second-order valence-electron chi connectivity index (χ2n) is 5.36. The van der Waals surface area contributed by atoms with Crippen molar-refractivity contribution in [1.29, 1.82) is 0 Å². The number of hydrogen-bond acceptors (Lipinski definition) is 4. The predicted octanol–water partition coefficient (Wildman–Crippen LogP) is 1.29. The highest BCUT2D eigenvalue weighted by Crippen LogP contribution is 2.20. The molecular weight excluding hydrogens is 216 g/mol. The van der Waals surface area contributed by atoms with Gasteiger partial charge in [-0.15, -0.1) is 0 Å². The van der Waals surface area contributed by atoms with E-state index < -0.39 is 0 Å². The Balaban J connectivity index is 1.66. The van der Waals surface area contributed by atoms with Crippen LogP contribution in [0, 0.1) is 0 Å². The van der Waals surface area contributed by atoms with Gasteiger partial charge >= 0.3 is 5.97 Å². The summed E-state index contributed by atoms with van der Waals surface area (Å²) in [6.45, 7) is 2.31. The molecule has 2 N–H and O–H groups in total. The van der Waals surface area contributed by atoms with Crippen LogP contribution in [0.5, 0.6) is 0 Å². The number of ether oxygens (including phenoxy) is 1. The van der Waals surface area contributed by atoms with E-state index in [-0.39, 0.29) is 12.1 Å². The molecule has 0 aromatic heterocycles. The van der Waals surface area contributed by atoms with Crippen molar-refractivity contribution in [3.05, 3.63) is 0 Å². The molecular formula is C13H24N2O2. The predicted molar refractivity (Wildman–Crippen MR) is 66.6 cm³/mol. The van der Waals surface area contributed by atoms with Crippen LogP contribution in [0.3, 0.4) is 0 Å². The number of piperidine rings is 1. The Hall–Kier alpha value is -0.610. The molecule has 0 radical (unpaired) electrons. The molecule has 1 heterocycles. The summed E-state index contributed by atoms with van der Waals surface area (Å²) in [4.78, 5) is 13.9. The maximum atomic E-state index is 11.8. The first-order valence-electron chi connectivity index (χ1n) is 6.91. The first kappa shape index (κ1) is 12.8.